The number of fused-ring (bicyclic) bond motifs is 1. The average molecular weight is 297 g/mol. The SMILES string of the molecule is CC(C)Nc1ncnc(N)c1C(=N)c1cc2c([nH]1)C=CNC2. The van der Waals surface area contributed by atoms with Gasteiger partial charge >= 0.3 is 0 Å². The zero-order chi connectivity index (χ0) is 15.7. The van der Waals surface area contributed by atoms with E-state index < -0.39 is 0 Å². The van der Waals surface area contributed by atoms with Crippen molar-refractivity contribution in [1.29, 1.82) is 5.41 Å². The summed E-state index contributed by atoms with van der Waals surface area (Å²) < 4.78 is 0. The van der Waals surface area contributed by atoms with Crippen molar-refractivity contribution in [2.24, 2.45) is 0 Å². The maximum Gasteiger partial charge on any atom is 0.141 e. The van der Waals surface area contributed by atoms with Crippen molar-refractivity contribution in [3.05, 3.63) is 41.1 Å². The number of aromatic nitrogens is 3. The molecule has 0 radical (unpaired) electrons. The maximum absolute atomic E-state index is 8.50. The van der Waals surface area contributed by atoms with Gasteiger partial charge in [-0.1, -0.05) is 0 Å². The number of rotatable bonds is 4. The first-order chi connectivity index (χ1) is 10.6. The molecule has 0 fully saturated rings. The van der Waals surface area contributed by atoms with Gasteiger partial charge in [0.1, 0.15) is 18.0 Å². The van der Waals surface area contributed by atoms with E-state index in [4.69, 9.17) is 11.1 Å². The number of H-pyrrole nitrogens is 1. The lowest BCUT2D eigenvalue weighted by atomic mass is 10.1. The van der Waals surface area contributed by atoms with Gasteiger partial charge in [0.15, 0.2) is 0 Å². The van der Waals surface area contributed by atoms with E-state index in [1.165, 1.54) is 6.33 Å². The van der Waals surface area contributed by atoms with Gasteiger partial charge in [-0.05, 0) is 37.8 Å². The Hall–Kier alpha value is -2.83. The molecule has 0 amide bonds. The van der Waals surface area contributed by atoms with Crippen molar-refractivity contribution < 1.29 is 0 Å². The summed E-state index contributed by atoms with van der Waals surface area (Å²) in [6.07, 6.45) is 5.24. The molecule has 22 heavy (non-hydrogen) atoms. The van der Waals surface area contributed by atoms with Crippen LogP contribution in [-0.2, 0) is 6.54 Å². The summed E-state index contributed by atoms with van der Waals surface area (Å²) in [4.78, 5) is 11.5. The van der Waals surface area contributed by atoms with Gasteiger partial charge in [-0.15, -0.1) is 0 Å². The molecule has 6 N–H and O–H groups in total. The molecule has 1 aliphatic heterocycles. The number of nitrogens with one attached hydrogen (secondary N) is 4. The number of anilines is 2. The fourth-order valence-electron chi connectivity index (χ4n) is 2.42. The zero-order valence-corrected chi connectivity index (χ0v) is 12.6. The quantitative estimate of drug-likeness (QED) is 0.551. The van der Waals surface area contributed by atoms with Gasteiger partial charge in [0, 0.05) is 18.3 Å². The minimum atomic E-state index is 0.185. The lowest BCUT2D eigenvalue weighted by Crippen LogP contribution is -2.18. The van der Waals surface area contributed by atoms with Gasteiger partial charge in [0.05, 0.1) is 17.0 Å². The van der Waals surface area contributed by atoms with Crippen LogP contribution in [0.1, 0.15) is 36.4 Å². The van der Waals surface area contributed by atoms with E-state index in [0.717, 1.165) is 17.8 Å². The minimum absolute atomic E-state index is 0.185. The maximum atomic E-state index is 8.50. The molecule has 0 spiro atoms. The number of aromatic amines is 1. The number of hydrogen-bond donors (Lipinski definition) is 5. The summed E-state index contributed by atoms with van der Waals surface area (Å²) in [5, 5.41) is 14.9. The van der Waals surface area contributed by atoms with E-state index in [9.17, 15) is 0 Å². The standard InChI is InChI=1S/C15H19N7/c1-8(2)21-15-12(14(17)19-7-20-15)13(16)11-5-9-6-18-4-3-10(9)22-11/h3-5,7-8,16,18,22H,6H2,1-2H3,(H3,17,19,20,21). The normalized spacial score (nSPS) is 12.9. The summed E-state index contributed by atoms with van der Waals surface area (Å²) in [5.74, 6) is 0.873. The van der Waals surface area contributed by atoms with Gasteiger partial charge < -0.3 is 21.4 Å². The molecule has 1 aliphatic rings. The summed E-state index contributed by atoms with van der Waals surface area (Å²) in [7, 11) is 0. The predicted molar refractivity (Wildman–Crippen MR) is 87.8 cm³/mol. The van der Waals surface area contributed by atoms with Crippen LogP contribution < -0.4 is 16.4 Å². The van der Waals surface area contributed by atoms with Crippen LogP contribution in [0.4, 0.5) is 11.6 Å². The Morgan fingerprint density at radius 1 is 1.41 bits per heavy atom. The molecule has 0 aromatic carbocycles. The third kappa shape index (κ3) is 2.52. The molecular formula is C15H19N7. The highest BCUT2D eigenvalue weighted by Gasteiger charge is 2.19. The van der Waals surface area contributed by atoms with Crippen LogP contribution in [0.3, 0.4) is 0 Å². The predicted octanol–water partition coefficient (Wildman–Crippen LogP) is 1.70. The van der Waals surface area contributed by atoms with Crippen molar-refractivity contribution in [3.8, 4) is 0 Å². The van der Waals surface area contributed by atoms with E-state index in [1.807, 2.05) is 32.2 Å². The topological polar surface area (TPSA) is 116 Å². The van der Waals surface area contributed by atoms with E-state index in [-0.39, 0.29) is 11.8 Å². The third-order valence-electron chi connectivity index (χ3n) is 3.42. The van der Waals surface area contributed by atoms with Crippen molar-refractivity contribution in [3.63, 3.8) is 0 Å². The van der Waals surface area contributed by atoms with Crippen LogP contribution in [0.15, 0.2) is 18.6 Å². The summed E-state index contributed by atoms with van der Waals surface area (Å²) in [6, 6.07) is 2.14. The van der Waals surface area contributed by atoms with Gasteiger partial charge in [-0.3, -0.25) is 5.41 Å². The molecule has 0 aliphatic carbocycles. The molecule has 2 aromatic rings. The second kappa shape index (κ2) is 5.51. The Balaban J connectivity index is 2.01. The molecule has 0 bridgehead atoms. The molecule has 7 heteroatoms. The Morgan fingerprint density at radius 3 is 2.95 bits per heavy atom. The second-order valence-electron chi connectivity index (χ2n) is 5.49. The fourth-order valence-corrected chi connectivity index (χ4v) is 2.42. The Kier molecular flexibility index (Phi) is 3.54. The number of nitrogens with two attached hydrogens (primary N) is 1. The van der Waals surface area contributed by atoms with Crippen molar-refractivity contribution in [1.82, 2.24) is 20.3 Å². The Bertz CT molecular complexity index is 742. The van der Waals surface area contributed by atoms with Gasteiger partial charge in [0.25, 0.3) is 0 Å². The number of hydrogen-bond acceptors (Lipinski definition) is 6. The molecule has 0 saturated carbocycles. The molecule has 3 heterocycles. The van der Waals surface area contributed by atoms with E-state index in [0.29, 0.717) is 22.9 Å². The van der Waals surface area contributed by atoms with Crippen LogP contribution in [-0.4, -0.2) is 26.7 Å². The monoisotopic (exact) mass is 297 g/mol. The summed E-state index contributed by atoms with van der Waals surface area (Å²) in [5.41, 5.74) is 9.62. The third-order valence-corrected chi connectivity index (χ3v) is 3.42. The van der Waals surface area contributed by atoms with Crippen LogP contribution in [0.25, 0.3) is 6.08 Å². The lowest BCUT2D eigenvalue weighted by molar-refractivity contribution is 0.859. The van der Waals surface area contributed by atoms with Gasteiger partial charge in [-0.25, -0.2) is 9.97 Å². The summed E-state index contributed by atoms with van der Waals surface area (Å²) >= 11 is 0. The highest BCUT2D eigenvalue weighted by Crippen LogP contribution is 2.24. The smallest absolute Gasteiger partial charge is 0.141 e. The molecule has 0 unspecified atom stereocenters. The van der Waals surface area contributed by atoms with E-state index in [2.05, 4.69) is 25.6 Å². The van der Waals surface area contributed by atoms with Crippen molar-refractivity contribution in [2.75, 3.05) is 11.1 Å². The first kappa shape index (κ1) is 14.1. The van der Waals surface area contributed by atoms with Gasteiger partial charge in [-0.2, -0.15) is 0 Å². The Morgan fingerprint density at radius 2 is 2.23 bits per heavy atom. The molecule has 0 saturated heterocycles. The van der Waals surface area contributed by atoms with Gasteiger partial charge in [0.2, 0.25) is 0 Å². The highest BCUT2D eigenvalue weighted by atomic mass is 15.1. The first-order valence-corrected chi connectivity index (χ1v) is 7.14. The molecular weight excluding hydrogens is 278 g/mol. The van der Waals surface area contributed by atoms with Crippen molar-refractivity contribution in [2.45, 2.75) is 26.4 Å². The fraction of sp³-hybridized carbons (Fsp3) is 0.267. The molecule has 2 aromatic heterocycles. The molecule has 114 valence electrons. The Labute approximate surface area is 128 Å². The van der Waals surface area contributed by atoms with Crippen LogP contribution in [0.2, 0.25) is 0 Å². The van der Waals surface area contributed by atoms with Crippen LogP contribution in [0.5, 0.6) is 0 Å². The average Bonchev–Trinajstić information content (AvgIpc) is 2.90. The van der Waals surface area contributed by atoms with E-state index in [1.54, 1.807) is 0 Å². The number of nitrogens with zero attached hydrogens (tertiary/aromatic N) is 2. The minimum Gasteiger partial charge on any atom is -0.387 e. The second-order valence-corrected chi connectivity index (χ2v) is 5.49. The van der Waals surface area contributed by atoms with Crippen LogP contribution >= 0.6 is 0 Å². The lowest BCUT2D eigenvalue weighted by Gasteiger charge is -2.14. The molecule has 0 atom stereocenters. The number of nitrogen functional groups attached to an aromatic ring is 1. The van der Waals surface area contributed by atoms with Crippen molar-refractivity contribution >= 4 is 23.4 Å². The van der Waals surface area contributed by atoms with E-state index >= 15 is 0 Å². The summed E-state index contributed by atoms with van der Waals surface area (Å²) in [6.45, 7) is 4.76. The molecule has 3 rings (SSSR count). The largest absolute Gasteiger partial charge is 0.387 e. The highest BCUT2D eigenvalue weighted by molar-refractivity contribution is 6.15. The van der Waals surface area contributed by atoms with Crippen LogP contribution in [0, 0.1) is 5.41 Å². The first-order valence-electron chi connectivity index (χ1n) is 7.14. The molecule has 7 nitrogen and oxygen atoms in total. The zero-order valence-electron chi connectivity index (χ0n) is 12.6.